The second kappa shape index (κ2) is 8.83. The second-order valence-corrected chi connectivity index (χ2v) is 5.01. The van der Waals surface area contributed by atoms with E-state index in [1.165, 1.54) is 24.3 Å². The van der Waals surface area contributed by atoms with Crippen LogP contribution >= 0.6 is 0 Å². The van der Waals surface area contributed by atoms with Gasteiger partial charge in [-0.15, -0.1) is 0 Å². The first-order valence-corrected chi connectivity index (χ1v) is 7.43. The van der Waals surface area contributed by atoms with Crippen molar-refractivity contribution in [3.8, 4) is 0 Å². The van der Waals surface area contributed by atoms with E-state index in [9.17, 15) is 19.2 Å². The average molecular weight is 356 g/mol. The van der Waals surface area contributed by atoms with Gasteiger partial charge < -0.3 is 15.8 Å². The number of amides is 4. The van der Waals surface area contributed by atoms with Crippen LogP contribution in [0.5, 0.6) is 0 Å². The zero-order chi connectivity index (χ0) is 18.9. The van der Waals surface area contributed by atoms with E-state index < -0.39 is 30.4 Å². The molecular formula is C17H16N4O5. The van der Waals surface area contributed by atoms with Gasteiger partial charge >= 0.3 is 12.0 Å². The number of nitrogens with one attached hydrogen (secondary N) is 3. The van der Waals surface area contributed by atoms with E-state index in [4.69, 9.17) is 10.5 Å². The summed E-state index contributed by atoms with van der Waals surface area (Å²) in [7, 11) is 0. The monoisotopic (exact) mass is 356 g/mol. The Morgan fingerprint density at radius 1 is 0.846 bits per heavy atom. The third-order valence-electron chi connectivity index (χ3n) is 3.07. The van der Waals surface area contributed by atoms with E-state index in [1.54, 1.807) is 30.3 Å². The van der Waals surface area contributed by atoms with Crippen molar-refractivity contribution in [2.45, 2.75) is 0 Å². The van der Waals surface area contributed by atoms with Gasteiger partial charge in [-0.2, -0.15) is 0 Å². The van der Waals surface area contributed by atoms with Gasteiger partial charge in [0.05, 0.1) is 5.56 Å². The number of ether oxygens (including phenoxy) is 1. The molecule has 9 heteroatoms. The normalized spacial score (nSPS) is 9.69. The van der Waals surface area contributed by atoms with E-state index in [-0.39, 0.29) is 5.56 Å². The number of anilines is 1. The number of urea groups is 1. The van der Waals surface area contributed by atoms with Crippen molar-refractivity contribution in [1.82, 2.24) is 10.9 Å². The van der Waals surface area contributed by atoms with Crippen molar-refractivity contribution < 1.29 is 23.9 Å². The molecule has 134 valence electrons. The van der Waals surface area contributed by atoms with Gasteiger partial charge in [-0.25, -0.2) is 9.59 Å². The third-order valence-corrected chi connectivity index (χ3v) is 3.07. The summed E-state index contributed by atoms with van der Waals surface area (Å²) in [6.45, 7) is -0.574. The van der Waals surface area contributed by atoms with Crippen molar-refractivity contribution >= 4 is 29.5 Å². The van der Waals surface area contributed by atoms with Gasteiger partial charge in [0.25, 0.3) is 11.8 Å². The molecule has 0 aliphatic carbocycles. The van der Waals surface area contributed by atoms with Crippen LogP contribution in [0.2, 0.25) is 0 Å². The zero-order valence-electron chi connectivity index (χ0n) is 13.5. The molecule has 0 aliphatic rings. The molecule has 0 atom stereocenters. The third kappa shape index (κ3) is 5.64. The molecule has 0 aliphatic heterocycles. The standard InChI is InChI=1S/C17H16N4O5/c18-17(25)19-13-8-6-12(7-9-13)16(24)26-10-14(22)20-21-15(23)11-4-2-1-3-5-11/h1-9H,10H2,(H,20,22)(H,21,23)(H3,18,19,25). The first-order chi connectivity index (χ1) is 12.5. The molecule has 0 unspecified atom stereocenters. The van der Waals surface area contributed by atoms with Gasteiger partial charge in [0.15, 0.2) is 6.61 Å². The lowest BCUT2D eigenvalue weighted by Gasteiger charge is -2.08. The molecule has 5 N–H and O–H groups in total. The lowest BCUT2D eigenvalue weighted by atomic mass is 10.2. The van der Waals surface area contributed by atoms with Crippen molar-refractivity contribution in [2.75, 3.05) is 11.9 Å². The molecule has 9 nitrogen and oxygen atoms in total. The summed E-state index contributed by atoms with van der Waals surface area (Å²) in [4.78, 5) is 45.9. The van der Waals surface area contributed by atoms with E-state index in [2.05, 4.69) is 16.2 Å². The number of nitrogens with two attached hydrogens (primary N) is 1. The van der Waals surface area contributed by atoms with Crippen LogP contribution in [0.15, 0.2) is 54.6 Å². The zero-order valence-corrected chi connectivity index (χ0v) is 13.5. The topological polar surface area (TPSA) is 140 Å². The summed E-state index contributed by atoms with van der Waals surface area (Å²) in [5.74, 6) is -1.93. The number of benzene rings is 2. The van der Waals surface area contributed by atoms with Gasteiger partial charge in [0.1, 0.15) is 0 Å². The number of carbonyl (C=O) groups is 4. The highest BCUT2D eigenvalue weighted by Gasteiger charge is 2.11. The summed E-state index contributed by atoms with van der Waals surface area (Å²) < 4.78 is 4.83. The van der Waals surface area contributed by atoms with E-state index in [1.807, 2.05) is 0 Å². The van der Waals surface area contributed by atoms with Crippen LogP contribution in [0, 0.1) is 0 Å². The quantitative estimate of drug-likeness (QED) is 0.463. The summed E-state index contributed by atoms with van der Waals surface area (Å²) in [6.07, 6.45) is 0. The predicted octanol–water partition coefficient (Wildman–Crippen LogP) is 0.795. The maximum absolute atomic E-state index is 11.8. The minimum absolute atomic E-state index is 0.182. The number of hydrogen-bond acceptors (Lipinski definition) is 5. The molecular weight excluding hydrogens is 340 g/mol. The first-order valence-electron chi connectivity index (χ1n) is 7.43. The largest absolute Gasteiger partial charge is 0.452 e. The van der Waals surface area contributed by atoms with E-state index in [0.717, 1.165) is 0 Å². The van der Waals surface area contributed by atoms with Crippen molar-refractivity contribution in [3.05, 3.63) is 65.7 Å². The fourth-order valence-corrected chi connectivity index (χ4v) is 1.87. The number of carbonyl (C=O) groups excluding carboxylic acids is 4. The van der Waals surface area contributed by atoms with Crippen LogP contribution in [0.25, 0.3) is 0 Å². The smallest absolute Gasteiger partial charge is 0.338 e. The minimum Gasteiger partial charge on any atom is -0.452 e. The van der Waals surface area contributed by atoms with Gasteiger partial charge in [-0.05, 0) is 36.4 Å². The maximum atomic E-state index is 11.8. The molecule has 0 aromatic heterocycles. The molecule has 2 rings (SSSR count). The predicted molar refractivity (Wildman–Crippen MR) is 92.0 cm³/mol. The van der Waals surface area contributed by atoms with Gasteiger partial charge in [-0.1, -0.05) is 18.2 Å². The Labute approximate surface area is 148 Å². The van der Waals surface area contributed by atoms with Crippen molar-refractivity contribution in [3.63, 3.8) is 0 Å². The number of hydrazine groups is 1. The Kier molecular flexibility index (Phi) is 6.27. The average Bonchev–Trinajstić information content (AvgIpc) is 2.65. The minimum atomic E-state index is -0.736. The molecule has 26 heavy (non-hydrogen) atoms. The SMILES string of the molecule is NC(=O)Nc1ccc(C(=O)OCC(=O)NNC(=O)c2ccccc2)cc1. The molecule has 0 saturated carbocycles. The van der Waals surface area contributed by atoms with Crippen LogP contribution in [-0.2, 0) is 9.53 Å². The Bertz CT molecular complexity index is 806. The molecule has 0 heterocycles. The Morgan fingerprint density at radius 2 is 1.50 bits per heavy atom. The van der Waals surface area contributed by atoms with Crippen LogP contribution < -0.4 is 21.9 Å². The van der Waals surface area contributed by atoms with Crippen LogP contribution in [-0.4, -0.2) is 30.4 Å². The number of esters is 1. The molecule has 2 aromatic carbocycles. The highest BCUT2D eigenvalue weighted by molar-refractivity contribution is 5.96. The van der Waals surface area contributed by atoms with Gasteiger partial charge in [-0.3, -0.25) is 20.4 Å². The fraction of sp³-hybridized carbons (Fsp3) is 0.0588. The van der Waals surface area contributed by atoms with Crippen LogP contribution in [0.3, 0.4) is 0 Å². The molecule has 0 radical (unpaired) electrons. The molecule has 0 bridgehead atoms. The van der Waals surface area contributed by atoms with E-state index >= 15 is 0 Å². The summed E-state index contributed by atoms with van der Waals surface area (Å²) in [5, 5.41) is 2.34. The lowest BCUT2D eigenvalue weighted by Crippen LogP contribution is -2.43. The highest BCUT2D eigenvalue weighted by Crippen LogP contribution is 2.10. The fourth-order valence-electron chi connectivity index (χ4n) is 1.87. The van der Waals surface area contributed by atoms with Crippen molar-refractivity contribution in [2.24, 2.45) is 5.73 Å². The van der Waals surface area contributed by atoms with Crippen LogP contribution in [0.4, 0.5) is 10.5 Å². The summed E-state index contributed by atoms with van der Waals surface area (Å²) in [6, 6.07) is 13.3. The Hall–Kier alpha value is -3.88. The number of hydrogen-bond donors (Lipinski definition) is 4. The van der Waals surface area contributed by atoms with Gasteiger partial charge in [0.2, 0.25) is 0 Å². The number of primary amides is 1. The molecule has 0 spiro atoms. The van der Waals surface area contributed by atoms with E-state index in [0.29, 0.717) is 11.3 Å². The summed E-state index contributed by atoms with van der Waals surface area (Å²) in [5.41, 5.74) is 10.3. The molecule has 0 fully saturated rings. The van der Waals surface area contributed by atoms with Crippen molar-refractivity contribution in [1.29, 1.82) is 0 Å². The molecule has 0 saturated heterocycles. The number of rotatable bonds is 5. The second-order valence-electron chi connectivity index (χ2n) is 5.01. The molecule has 4 amide bonds. The lowest BCUT2D eigenvalue weighted by molar-refractivity contribution is -0.125. The Morgan fingerprint density at radius 3 is 2.12 bits per heavy atom. The first kappa shape index (κ1) is 18.5. The van der Waals surface area contributed by atoms with Crippen LogP contribution in [0.1, 0.15) is 20.7 Å². The van der Waals surface area contributed by atoms with Gasteiger partial charge in [0, 0.05) is 11.3 Å². The molecule has 2 aromatic rings. The maximum Gasteiger partial charge on any atom is 0.338 e. The highest BCUT2D eigenvalue weighted by atomic mass is 16.5. The Balaban J connectivity index is 1.77. The summed E-state index contributed by atoms with van der Waals surface area (Å²) >= 11 is 0.